The van der Waals surface area contributed by atoms with Crippen LogP contribution in [-0.2, 0) is 5.41 Å². The van der Waals surface area contributed by atoms with Crippen molar-refractivity contribution in [3.63, 3.8) is 0 Å². The Balaban J connectivity index is 1.84. The van der Waals surface area contributed by atoms with Crippen molar-refractivity contribution in [1.29, 1.82) is 0 Å². The van der Waals surface area contributed by atoms with Crippen molar-refractivity contribution in [2.45, 2.75) is 102 Å². The zero-order chi connectivity index (χ0) is 16.3. The molecule has 0 radical (unpaired) electrons. The molecular weight excluding hydrogens is 295 g/mol. The van der Waals surface area contributed by atoms with E-state index in [1.54, 1.807) is 5.30 Å². The first-order valence-electron chi connectivity index (χ1n) is 9.94. The SMILES string of the molecule is CC(C)(C)c1ccc(P(C2CCCCC2)C2CCCCC2)cc1. The van der Waals surface area contributed by atoms with E-state index in [0.29, 0.717) is 0 Å². The lowest BCUT2D eigenvalue weighted by atomic mass is 9.87. The first-order valence-corrected chi connectivity index (χ1v) is 11.4. The Morgan fingerprint density at radius 3 is 1.52 bits per heavy atom. The molecule has 0 aromatic heterocycles. The van der Waals surface area contributed by atoms with Gasteiger partial charge in [0.15, 0.2) is 0 Å². The van der Waals surface area contributed by atoms with Crippen molar-refractivity contribution in [1.82, 2.24) is 0 Å². The lowest BCUT2D eigenvalue weighted by molar-refractivity contribution is 0.487. The van der Waals surface area contributed by atoms with Crippen LogP contribution in [0.5, 0.6) is 0 Å². The van der Waals surface area contributed by atoms with E-state index < -0.39 is 0 Å². The van der Waals surface area contributed by atoms with Gasteiger partial charge in [0.05, 0.1) is 0 Å². The summed E-state index contributed by atoms with van der Waals surface area (Å²) in [4.78, 5) is 0. The van der Waals surface area contributed by atoms with Crippen LogP contribution in [0.2, 0.25) is 0 Å². The van der Waals surface area contributed by atoms with Crippen LogP contribution in [0.25, 0.3) is 0 Å². The molecule has 128 valence electrons. The van der Waals surface area contributed by atoms with Gasteiger partial charge in [-0.15, -0.1) is 0 Å². The van der Waals surface area contributed by atoms with Gasteiger partial charge in [-0.3, -0.25) is 0 Å². The largest absolute Gasteiger partial charge is 0.0690 e. The zero-order valence-corrected chi connectivity index (χ0v) is 16.4. The number of benzene rings is 1. The lowest BCUT2D eigenvalue weighted by Gasteiger charge is -2.39. The van der Waals surface area contributed by atoms with E-state index in [1.807, 2.05) is 0 Å². The summed E-state index contributed by atoms with van der Waals surface area (Å²) >= 11 is 0. The fourth-order valence-corrected chi connectivity index (χ4v) is 8.35. The van der Waals surface area contributed by atoms with Crippen LogP contribution in [0.3, 0.4) is 0 Å². The first-order chi connectivity index (χ1) is 11.1. The van der Waals surface area contributed by atoms with Crippen LogP contribution >= 0.6 is 7.92 Å². The molecule has 0 heterocycles. The summed E-state index contributed by atoms with van der Waals surface area (Å²) in [5.41, 5.74) is 3.80. The number of hydrogen-bond donors (Lipinski definition) is 0. The van der Waals surface area contributed by atoms with Gasteiger partial charge in [0.25, 0.3) is 0 Å². The molecule has 23 heavy (non-hydrogen) atoms. The average Bonchev–Trinajstić information content (AvgIpc) is 2.57. The fourth-order valence-electron chi connectivity index (χ4n) is 4.57. The Bertz CT molecular complexity index is 452. The van der Waals surface area contributed by atoms with Gasteiger partial charge in [-0.25, -0.2) is 0 Å². The van der Waals surface area contributed by atoms with Gasteiger partial charge in [-0.1, -0.05) is 91.5 Å². The van der Waals surface area contributed by atoms with Gasteiger partial charge in [-0.05, 0) is 53.3 Å². The Labute approximate surface area is 145 Å². The molecule has 0 spiro atoms. The third kappa shape index (κ3) is 4.39. The Hall–Kier alpha value is -0.350. The Kier molecular flexibility index (Phi) is 5.84. The second-order valence-electron chi connectivity index (χ2n) is 8.79. The Morgan fingerprint density at radius 2 is 1.13 bits per heavy atom. The zero-order valence-electron chi connectivity index (χ0n) is 15.5. The van der Waals surface area contributed by atoms with Crippen molar-refractivity contribution in [3.05, 3.63) is 29.8 Å². The third-order valence-electron chi connectivity index (χ3n) is 5.97. The molecule has 0 aliphatic heterocycles. The molecule has 0 atom stereocenters. The lowest BCUT2D eigenvalue weighted by Crippen LogP contribution is -2.26. The number of hydrogen-bond acceptors (Lipinski definition) is 0. The van der Waals surface area contributed by atoms with Gasteiger partial charge >= 0.3 is 0 Å². The third-order valence-corrected chi connectivity index (χ3v) is 9.47. The molecule has 2 saturated carbocycles. The summed E-state index contributed by atoms with van der Waals surface area (Å²) in [6.07, 6.45) is 14.9. The van der Waals surface area contributed by atoms with Gasteiger partial charge < -0.3 is 0 Å². The second-order valence-corrected chi connectivity index (χ2v) is 11.6. The topological polar surface area (TPSA) is 0 Å². The summed E-state index contributed by atoms with van der Waals surface area (Å²) < 4.78 is 0. The first kappa shape index (κ1) is 17.5. The average molecular weight is 330 g/mol. The minimum atomic E-state index is 0.0597. The molecule has 0 nitrogen and oxygen atoms in total. The fraction of sp³-hybridized carbons (Fsp3) is 0.727. The Morgan fingerprint density at radius 1 is 0.696 bits per heavy atom. The van der Waals surface area contributed by atoms with E-state index in [-0.39, 0.29) is 13.3 Å². The second kappa shape index (κ2) is 7.69. The van der Waals surface area contributed by atoms with E-state index in [1.165, 1.54) is 69.8 Å². The summed E-state index contributed by atoms with van der Waals surface area (Å²) in [7, 11) is 0.0597. The standard InChI is InChI=1S/C22H35P/c1-22(2,3)18-14-16-21(17-15-18)23(19-10-6-4-7-11-19)20-12-8-5-9-13-20/h14-17,19-20H,4-13H2,1-3H3. The summed E-state index contributed by atoms with van der Waals surface area (Å²) in [5, 5.41) is 1.71. The maximum atomic E-state index is 2.51. The maximum absolute atomic E-state index is 2.51. The minimum absolute atomic E-state index is 0.0597. The molecule has 1 aromatic rings. The smallest absolute Gasteiger partial charge is 0.0132 e. The van der Waals surface area contributed by atoms with Crippen molar-refractivity contribution in [2.24, 2.45) is 0 Å². The van der Waals surface area contributed by atoms with Crippen LogP contribution in [0, 0.1) is 0 Å². The molecule has 0 saturated heterocycles. The molecule has 0 amide bonds. The summed E-state index contributed by atoms with van der Waals surface area (Å²) in [6, 6.07) is 9.87. The van der Waals surface area contributed by atoms with E-state index >= 15 is 0 Å². The molecule has 0 bridgehead atoms. The van der Waals surface area contributed by atoms with Crippen molar-refractivity contribution >= 4 is 13.2 Å². The summed E-state index contributed by atoms with van der Waals surface area (Å²) in [5.74, 6) is 0. The highest BCUT2D eigenvalue weighted by Gasteiger charge is 2.32. The molecule has 2 aliphatic carbocycles. The van der Waals surface area contributed by atoms with E-state index in [2.05, 4.69) is 45.0 Å². The predicted molar refractivity (Wildman–Crippen MR) is 105 cm³/mol. The quantitative estimate of drug-likeness (QED) is 0.537. The highest BCUT2D eigenvalue weighted by atomic mass is 31.1. The highest BCUT2D eigenvalue weighted by Crippen LogP contribution is 2.54. The predicted octanol–water partition coefficient (Wildman–Crippen LogP) is 6.76. The van der Waals surface area contributed by atoms with Crippen LogP contribution in [0.4, 0.5) is 0 Å². The maximum Gasteiger partial charge on any atom is -0.0132 e. The molecule has 2 aliphatic rings. The molecule has 2 fully saturated rings. The van der Waals surface area contributed by atoms with Crippen LogP contribution in [0.1, 0.15) is 90.5 Å². The van der Waals surface area contributed by atoms with E-state index in [0.717, 1.165) is 11.3 Å². The molecule has 3 rings (SSSR count). The molecule has 0 unspecified atom stereocenters. The normalized spacial score (nSPS) is 21.7. The molecule has 1 aromatic carbocycles. The van der Waals surface area contributed by atoms with Gasteiger partial charge in [0.1, 0.15) is 0 Å². The van der Waals surface area contributed by atoms with E-state index in [4.69, 9.17) is 0 Å². The van der Waals surface area contributed by atoms with E-state index in [9.17, 15) is 0 Å². The van der Waals surface area contributed by atoms with Crippen molar-refractivity contribution in [2.75, 3.05) is 0 Å². The summed E-state index contributed by atoms with van der Waals surface area (Å²) in [6.45, 7) is 6.98. The van der Waals surface area contributed by atoms with Gasteiger partial charge in [0.2, 0.25) is 0 Å². The molecule has 0 N–H and O–H groups in total. The molecular formula is C22H35P. The highest BCUT2D eigenvalue weighted by molar-refractivity contribution is 7.67. The number of rotatable bonds is 3. The minimum Gasteiger partial charge on any atom is -0.0690 e. The van der Waals surface area contributed by atoms with Crippen molar-refractivity contribution < 1.29 is 0 Å². The monoisotopic (exact) mass is 330 g/mol. The van der Waals surface area contributed by atoms with Gasteiger partial charge in [0, 0.05) is 0 Å². The van der Waals surface area contributed by atoms with Crippen LogP contribution < -0.4 is 5.30 Å². The van der Waals surface area contributed by atoms with Crippen LogP contribution in [0.15, 0.2) is 24.3 Å². The molecule has 1 heteroatoms. The van der Waals surface area contributed by atoms with Crippen molar-refractivity contribution in [3.8, 4) is 0 Å². The van der Waals surface area contributed by atoms with Gasteiger partial charge in [-0.2, -0.15) is 0 Å². The van der Waals surface area contributed by atoms with Crippen LogP contribution in [-0.4, -0.2) is 11.3 Å².